The molecule has 0 aliphatic heterocycles. The number of phenols is 3. The van der Waals surface area contributed by atoms with Gasteiger partial charge >= 0.3 is 0 Å². The molecule has 3 N–H and O–H groups in total. The highest BCUT2D eigenvalue weighted by atomic mass is 16.3. The van der Waals surface area contributed by atoms with Crippen LogP contribution in [-0.4, -0.2) is 15.3 Å². The Labute approximate surface area is 230 Å². The van der Waals surface area contributed by atoms with Crippen molar-refractivity contribution in [2.75, 3.05) is 0 Å². The summed E-state index contributed by atoms with van der Waals surface area (Å²) in [6, 6.07) is 15.6. The van der Waals surface area contributed by atoms with Crippen LogP contribution >= 0.6 is 0 Å². The van der Waals surface area contributed by atoms with Gasteiger partial charge in [-0.3, -0.25) is 0 Å². The van der Waals surface area contributed by atoms with Gasteiger partial charge in [-0.2, -0.15) is 0 Å². The molecule has 0 spiro atoms. The van der Waals surface area contributed by atoms with Crippen LogP contribution in [0.25, 0.3) is 0 Å². The lowest BCUT2D eigenvalue weighted by Crippen LogP contribution is -2.20. The van der Waals surface area contributed by atoms with Gasteiger partial charge < -0.3 is 15.3 Å². The first kappa shape index (κ1) is 29.6. The average Bonchev–Trinajstić information content (AvgIpc) is 2.74. The van der Waals surface area contributed by atoms with Crippen LogP contribution in [0.3, 0.4) is 0 Å². The molecule has 0 aliphatic carbocycles. The first-order valence-electron chi connectivity index (χ1n) is 13.7. The second kappa shape index (κ2) is 9.67. The highest BCUT2D eigenvalue weighted by Gasteiger charge is 2.34. The van der Waals surface area contributed by atoms with Gasteiger partial charge in [-0.05, 0) is 50.0 Å². The van der Waals surface area contributed by atoms with Crippen LogP contribution in [0.15, 0.2) is 48.5 Å². The highest BCUT2D eigenvalue weighted by Crippen LogP contribution is 2.50. The molecule has 3 rings (SSSR count). The summed E-state index contributed by atoms with van der Waals surface area (Å²) in [5.41, 5.74) is 4.95. The lowest BCUT2D eigenvalue weighted by Gasteiger charge is -2.33. The number of hydrogen-bond donors (Lipinski definition) is 3. The van der Waals surface area contributed by atoms with E-state index in [0.29, 0.717) is 16.7 Å². The maximum absolute atomic E-state index is 11.9. The Bertz CT molecular complexity index is 1240. The SMILES string of the molecule is CC(C)(C)c1cc(C(c2ccccc2O)c2cc(C(C)(C)C)cc(C(C)(C)C)c2O)c(O)c(C(C)(C)C)c1. The Morgan fingerprint density at radius 3 is 1.16 bits per heavy atom. The van der Waals surface area contributed by atoms with Crippen LogP contribution in [0, 0.1) is 0 Å². The van der Waals surface area contributed by atoms with Gasteiger partial charge in [0, 0.05) is 22.6 Å². The number of hydrogen-bond acceptors (Lipinski definition) is 3. The largest absolute Gasteiger partial charge is 0.508 e. The van der Waals surface area contributed by atoms with E-state index in [1.54, 1.807) is 12.1 Å². The normalized spacial score (nSPS) is 13.3. The second-order valence-electron chi connectivity index (χ2n) is 14.9. The Balaban J connectivity index is 2.58. The van der Waals surface area contributed by atoms with Crippen molar-refractivity contribution in [2.24, 2.45) is 0 Å². The van der Waals surface area contributed by atoms with Gasteiger partial charge in [0.25, 0.3) is 0 Å². The minimum atomic E-state index is -0.581. The lowest BCUT2D eigenvalue weighted by molar-refractivity contribution is 0.426. The first-order valence-corrected chi connectivity index (χ1v) is 13.7. The van der Waals surface area contributed by atoms with Crippen LogP contribution in [0.1, 0.15) is 128 Å². The fourth-order valence-corrected chi connectivity index (χ4v) is 5.00. The summed E-state index contributed by atoms with van der Waals surface area (Å²) < 4.78 is 0. The maximum atomic E-state index is 11.9. The molecule has 38 heavy (non-hydrogen) atoms. The van der Waals surface area contributed by atoms with Crippen LogP contribution in [0.2, 0.25) is 0 Å². The van der Waals surface area contributed by atoms with Gasteiger partial charge in [-0.1, -0.05) is 126 Å². The van der Waals surface area contributed by atoms with Crippen molar-refractivity contribution >= 4 is 0 Å². The fourth-order valence-electron chi connectivity index (χ4n) is 5.00. The highest BCUT2D eigenvalue weighted by molar-refractivity contribution is 5.62. The molecule has 0 aliphatic rings. The third-order valence-electron chi connectivity index (χ3n) is 7.50. The lowest BCUT2D eigenvalue weighted by atomic mass is 9.72. The van der Waals surface area contributed by atoms with Crippen LogP contribution in [0.4, 0.5) is 0 Å². The molecule has 0 saturated carbocycles. The van der Waals surface area contributed by atoms with Crippen LogP contribution in [0.5, 0.6) is 17.2 Å². The third kappa shape index (κ3) is 5.87. The number of para-hydroxylation sites is 1. The zero-order chi connectivity index (χ0) is 29.0. The maximum Gasteiger partial charge on any atom is 0.123 e. The number of rotatable bonds is 3. The molecule has 3 aromatic rings. The molecule has 3 nitrogen and oxygen atoms in total. The predicted molar refractivity (Wildman–Crippen MR) is 160 cm³/mol. The summed E-state index contributed by atoms with van der Waals surface area (Å²) in [7, 11) is 0. The zero-order valence-electron chi connectivity index (χ0n) is 25.5. The van der Waals surface area contributed by atoms with E-state index in [4.69, 9.17) is 0 Å². The summed E-state index contributed by atoms with van der Waals surface area (Å²) in [6.07, 6.45) is 0. The second-order valence-corrected chi connectivity index (χ2v) is 14.9. The van der Waals surface area contributed by atoms with Crippen molar-refractivity contribution in [2.45, 2.75) is 111 Å². The molecule has 3 heteroatoms. The molecular formula is C35H48O3. The van der Waals surface area contributed by atoms with E-state index in [-0.39, 0.29) is 38.9 Å². The Morgan fingerprint density at radius 2 is 0.842 bits per heavy atom. The summed E-state index contributed by atoms with van der Waals surface area (Å²) in [4.78, 5) is 0. The molecular weight excluding hydrogens is 468 g/mol. The Kier molecular flexibility index (Phi) is 7.53. The summed E-state index contributed by atoms with van der Waals surface area (Å²) >= 11 is 0. The molecule has 0 heterocycles. The number of benzene rings is 3. The van der Waals surface area contributed by atoms with Crippen molar-refractivity contribution in [3.8, 4) is 17.2 Å². The standard InChI is InChI=1S/C35H48O3/c1-32(2,3)21-17-24(30(37)26(19-21)34(7,8)9)29(23-15-13-14-16-28(23)36)25-18-22(33(4,5)6)20-27(31(25)38)35(10,11)12/h13-20,29,36-38H,1-12H3. The minimum Gasteiger partial charge on any atom is -0.508 e. The smallest absolute Gasteiger partial charge is 0.123 e. The van der Waals surface area contributed by atoms with E-state index in [9.17, 15) is 15.3 Å². The van der Waals surface area contributed by atoms with Gasteiger partial charge in [-0.15, -0.1) is 0 Å². The quantitative estimate of drug-likeness (QED) is 0.304. The molecule has 3 aromatic carbocycles. The van der Waals surface area contributed by atoms with E-state index in [2.05, 4.69) is 107 Å². The van der Waals surface area contributed by atoms with Crippen molar-refractivity contribution in [1.82, 2.24) is 0 Å². The van der Waals surface area contributed by atoms with Crippen molar-refractivity contribution in [3.05, 3.63) is 87.5 Å². The average molecular weight is 517 g/mol. The van der Waals surface area contributed by atoms with Crippen LogP contribution < -0.4 is 0 Å². The van der Waals surface area contributed by atoms with Gasteiger partial charge in [0.2, 0.25) is 0 Å². The Hall–Kier alpha value is -2.94. The molecule has 0 amide bonds. The summed E-state index contributed by atoms with van der Waals surface area (Å²) in [5.74, 6) is -0.0375. The topological polar surface area (TPSA) is 60.7 Å². The van der Waals surface area contributed by atoms with E-state index < -0.39 is 5.92 Å². The summed E-state index contributed by atoms with van der Waals surface area (Å²) in [5, 5.41) is 34.9. The van der Waals surface area contributed by atoms with Crippen LogP contribution in [-0.2, 0) is 21.7 Å². The Morgan fingerprint density at radius 1 is 0.474 bits per heavy atom. The number of phenolic OH excluding ortho intramolecular Hbond substituents is 3. The first-order chi connectivity index (χ1) is 17.1. The molecule has 0 aromatic heterocycles. The molecule has 0 saturated heterocycles. The van der Waals surface area contributed by atoms with Crippen molar-refractivity contribution in [3.63, 3.8) is 0 Å². The van der Waals surface area contributed by atoms with Gasteiger partial charge in [0.1, 0.15) is 17.2 Å². The van der Waals surface area contributed by atoms with Crippen molar-refractivity contribution < 1.29 is 15.3 Å². The summed E-state index contributed by atoms with van der Waals surface area (Å²) in [6.45, 7) is 25.6. The zero-order valence-corrected chi connectivity index (χ0v) is 25.5. The predicted octanol–water partition coefficient (Wildman–Crippen LogP) is 9.17. The molecule has 206 valence electrons. The van der Waals surface area contributed by atoms with E-state index in [1.165, 1.54) is 0 Å². The van der Waals surface area contributed by atoms with Gasteiger partial charge in [0.05, 0.1) is 0 Å². The monoisotopic (exact) mass is 516 g/mol. The molecule has 0 fully saturated rings. The fraction of sp³-hybridized carbons (Fsp3) is 0.486. The molecule has 0 atom stereocenters. The minimum absolute atomic E-state index is 0.133. The number of aromatic hydroxyl groups is 3. The van der Waals surface area contributed by atoms with Gasteiger partial charge in [0.15, 0.2) is 0 Å². The molecule has 0 unspecified atom stereocenters. The van der Waals surface area contributed by atoms with Gasteiger partial charge in [-0.25, -0.2) is 0 Å². The van der Waals surface area contributed by atoms with E-state index in [1.807, 2.05) is 12.1 Å². The van der Waals surface area contributed by atoms with E-state index >= 15 is 0 Å². The van der Waals surface area contributed by atoms with E-state index in [0.717, 1.165) is 22.3 Å². The third-order valence-corrected chi connectivity index (χ3v) is 7.50. The molecule has 0 bridgehead atoms. The van der Waals surface area contributed by atoms with Crippen molar-refractivity contribution in [1.29, 1.82) is 0 Å². The molecule has 0 radical (unpaired) electrons.